The van der Waals surface area contributed by atoms with E-state index in [-0.39, 0.29) is 5.69 Å². The van der Waals surface area contributed by atoms with Gasteiger partial charge in [0.2, 0.25) is 0 Å². The normalized spacial score (nSPS) is 10.8. The number of pyridine rings is 1. The second-order valence-electron chi connectivity index (χ2n) is 4.59. The van der Waals surface area contributed by atoms with Gasteiger partial charge in [0.15, 0.2) is 0 Å². The minimum absolute atomic E-state index is 0.212. The van der Waals surface area contributed by atoms with Gasteiger partial charge in [0, 0.05) is 17.1 Å². The van der Waals surface area contributed by atoms with E-state index < -0.39 is 5.91 Å². The Hall–Kier alpha value is -2.53. The molecule has 0 atom stereocenters. The van der Waals surface area contributed by atoms with E-state index in [0.717, 1.165) is 16.5 Å². The number of aromatic nitrogens is 3. The number of rotatable bonds is 2. The van der Waals surface area contributed by atoms with Crippen LogP contribution in [-0.2, 0) is 0 Å². The molecule has 3 rings (SSSR count). The first-order valence-electron chi connectivity index (χ1n) is 6.25. The van der Waals surface area contributed by atoms with Crippen LogP contribution in [0, 0.1) is 6.92 Å². The lowest BCUT2D eigenvalue weighted by molar-refractivity contribution is 0.0996. The van der Waals surface area contributed by atoms with E-state index in [1.54, 1.807) is 19.2 Å². The zero-order valence-electron chi connectivity index (χ0n) is 11.2. The smallest absolute Gasteiger partial charge is 0.268 e. The molecule has 0 fully saturated rings. The molecule has 0 aliphatic rings. The Morgan fingerprint density at radius 2 is 2.00 bits per heavy atom. The number of carbonyl (C=O) groups is 1. The highest BCUT2D eigenvalue weighted by atomic mass is 35.5. The molecule has 0 bridgehead atoms. The summed E-state index contributed by atoms with van der Waals surface area (Å²) in [5.41, 5.74) is 7.79. The minimum atomic E-state index is -0.579. The van der Waals surface area contributed by atoms with Gasteiger partial charge in [-0.05, 0) is 36.8 Å². The van der Waals surface area contributed by atoms with Gasteiger partial charge in [0.05, 0.1) is 5.52 Å². The minimum Gasteiger partial charge on any atom is -0.364 e. The Morgan fingerprint density at radius 3 is 2.76 bits per heavy atom. The van der Waals surface area contributed by atoms with E-state index in [0.29, 0.717) is 16.5 Å². The Morgan fingerprint density at radius 1 is 1.19 bits per heavy atom. The Kier molecular flexibility index (Phi) is 3.27. The molecule has 5 nitrogen and oxygen atoms in total. The molecule has 6 heteroatoms. The van der Waals surface area contributed by atoms with E-state index in [4.69, 9.17) is 17.3 Å². The lowest BCUT2D eigenvalue weighted by Crippen LogP contribution is -2.15. The van der Waals surface area contributed by atoms with Gasteiger partial charge >= 0.3 is 0 Å². The number of primary amides is 1. The highest BCUT2D eigenvalue weighted by molar-refractivity contribution is 6.29. The highest BCUT2D eigenvalue weighted by Gasteiger charge is 2.13. The number of nitrogens with zero attached hydrogens (tertiary/aromatic N) is 3. The number of hydrogen-bond donors (Lipinski definition) is 1. The third-order valence-corrected chi connectivity index (χ3v) is 3.32. The molecule has 2 aromatic heterocycles. The van der Waals surface area contributed by atoms with Crippen molar-refractivity contribution in [3.8, 4) is 11.1 Å². The summed E-state index contributed by atoms with van der Waals surface area (Å²) in [4.78, 5) is 24.0. The lowest BCUT2D eigenvalue weighted by atomic mass is 10.0. The fourth-order valence-corrected chi connectivity index (χ4v) is 2.29. The zero-order chi connectivity index (χ0) is 15.0. The van der Waals surface area contributed by atoms with E-state index in [1.165, 1.54) is 0 Å². The molecule has 2 N–H and O–H groups in total. The lowest BCUT2D eigenvalue weighted by Gasteiger charge is -2.07. The predicted molar refractivity (Wildman–Crippen MR) is 81.0 cm³/mol. The molecule has 0 unspecified atom stereocenters. The quantitative estimate of drug-likeness (QED) is 0.738. The number of aryl methyl sites for hydroxylation is 1. The molecule has 3 aromatic rings. The number of fused-ring (bicyclic) bond motifs is 1. The van der Waals surface area contributed by atoms with Gasteiger partial charge in [-0.2, -0.15) is 0 Å². The van der Waals surface area contributed by atoms with Gasteiger partial charge in [-0.3, -0.25) is 4.79 Å². The van der Waals surface area contributed by atoms with Crippen LogP contribution >= 0.6 is 11.6 Å². The van der Waals surface area contributed by atoms with Gasteiger partial charge in [-0.15, -0.1) is 0 Å². The van der Waals surface area contributed by atoms with Crippen molar-refractivity contribution >= 4 is 28.4 Å². The van der Waals surface area contributed by atoms with E-state index in [2.05, 4.69) is 15.0 Å². The highest BCUT2D eigenvalue weighted by Crippen LogP contribution is 2.26. The fraction of sp³-hybridized carbons (Fsp3) is 0.0667. The third-order valence-electron chi connectivity index (χ3n) is 3.11. The van der Waals surface area contributed by atoms with Crippen molar-refractivity contribution in [3.63, 3.8) is 0 Å². The van der Waals surface area contributed by atoms with Crippen molar-refractivity contribution in [3.05, 3.63) is 53.2 Å². The van der Waals surface area contributed by atoms with E-state index in [1.807, 2.05) is 24.3 Å². The largest absolute Gasteiger partial charge is 0.364 e. The summed E-state index contributed by atoms with van der Waals surface area (Å²) in [6.07, 6.45) is 1.60. The van der Waals surface area contributed by atoms with Crippen LogP contribution in [0.4, 0.5) is 0 Å². The van der Waals surface area contributed by atoms with Crippen molar-refractivity contribution in [2.24, 2.45) is 5.73 Å². The SMILES string of the molecule is Cc1ncc(-c2ccc3nc(Cl)ccc3c2)c(C(N)=O)n1. The predicted octanol–water partition coefficient (Wildman–Crippen LogP) is 2.75. The number of nitrogens with two attached hydrogens (primary N) is 1. The molecule has 104 valence electrons. The molecule has 0 radical (unpaired) electrons. The summed E-state index contributed by atoms with van der Waals surface area (Å²) in [6.45, 7) is 1.71. The van der Waals surface area contributed by atoms with Gasteiger partial charge in [0.25, 0.3) is 5.91 Å². The third kappa shape index (κ3) is 2.55. The Bertz CT molecular complexity index is 863. The van der Waals surface area contributed by atoms with Gasteiger partial charge in [-0.1, -0.05) is 17.7 Å². The van der Waals surface area contributed by atoms with Crippen molar-refractivity contribution in [2.75, 3.05) is 0 Å². The van der Waals surface area contributed by atoms with Crippen molar-refractivity contribution in [1.82, 2.24) is 15.0 Å². The second-order valence-corrected chi connectivity index (χ2v) is 4.97. The monoisotopic (exact) mass is 298 g/mol. The summed E-state index contributed by atoms with van der Waals surface area (Å²) in [7, 11) is 0. The topological polar surface area (TPSA) is 81.8 Å². The zero-order valence-corrected chi connectivity index (χ0v) is 11.9. The summed E-state index contributed by atoms with van der Waals surface area (Å²) in [5, 5.41) is 1.35. The first-order valence-corrected chi connectivity index (χ1v) is 6.62. The summed E-state index contributed by atoms with van der Waals surface area (Å²) in [5.74, 6) is -0.0772. The molecular weight excluding hydrogens is 288 g/mol. The van der Waals surface area contributed by atoms with Crippen LogP contribution in [0.2, 0.25) is 5.15 Å². The van der Waals surface area contributed by atoms with Crippen LogP contribution in [-0.4, -0.2) is 20.9 Å². The summed E-state index contributed by atoms with van der Waals surface area (Å²) < 4.78 is 0. The first-order chi connectivity index (χ1) is 10.0. The molecular formula is C15H11ClN4O. The Balaban J connectivity index is 2.21. The molecule has 0 saturated heterocycles. The van der Waals surface area contributed by atoms with Crippen molar-refractivity contribution in [2.45, 2.75) is 6.92 Å². The molecule has 21 heavy (non-hydrogen) atoms. The summed E-state index contributed by atoms with van der Waals surface area (Å²) in [6, 6.07) is 9.16. The van der Waals surface area contributed by atoms with Gasteiger partial charge in [-0.25, -0.2) is 15.0 Å². The molecule has 1 amide bonds. The van der Waals surface area contributed by atoms with Gasteiger partial charge < -0.3 is 5.73 Å². The van der Waals surface area contributed by atoms with E-state index in [9.17, 15) is 4.79 Å². The van der Waals surface area contributed by atoms with Crippen LogP contribution < -0.4 is 5.73 Å². The number of hydrogen-bond acceptors (Lipinski definition) is 4. The molecule has 0 aliphatic heterocycles. The average Bonchev–Trinajstić information content (AvgIpc) is 2.46. The maximum atomic E-state index is 11.6. The molecule has 0 aliphatic carbocycles. The van der Waals surface area contributed by atoms with Crippen molar-refractivity contribution < 1.29 is 4.79 Å². The number of amides is 1. The first kappa shape index (κ1) is 13.5. The number of carbonyl (C=O) groups excluding carboxylic acids is 1. The second kappa shape index (κ2) is 5.10. The molecule has 1 aromatic carbocycles. The fourth-order valence-electron chi connectivity index (χ4n) is 2.14. The summed E-state index contributed by atoms with van der Waals surface area (Å²) >= 11 is 5.87. The van der Waals surface area contributed by atoms with Crippen molar-refractivity contribution in [1.29, 1.82) is 0 Å². The van der Waals surface area contributed by atoms with Crippen LogP contribution in [0.5, 0.6) is 0 Å². The van der Waals surface area contributed by atoms with Crippen LogP contribution in [0.25, 0.3) is 22.0 Å². The molecule has 0 spiro atoms. The van der Waals surface area contributed by atoms with Crippen LogP contribution in [0.1, 0.15) is 16.3 Å². The molecule has 0 saturated carbocycles. The maximum Gasteiger partial charge on any atom is 0.268 e. The average molecular weight is 299 g/mol. The van der Waals surface area contributed by atoms with Crippen LogP contribution in [0.15, 0.2) is 36.5 Å². The number of halogens is 1. The number of benzene rings is 1. The molecule has 2 heterocycles. The maximum absolute atomic E-state index is 11.6. The van der Waals surface area contributed by atoms with Crippen LogP contribution in [0.3, 0.4) is 0 Å². The Labute approximate surface area is 125 Å². The van der Waals surface area contributed by atoms with E-state index >= 15 is 0 Å². The standard InChI is InChI=1S/C15H11ClN4O/c1-8-18-7-11(14(19-8)15(17)21)9-2-4-12-10(6-9)3-5-13(16)20-12/h2-7H,1H3,(H2,17,21). The van der Waals surface area contributed by atoms with Gasteiger partial charge in [0.1, 0.15) is 16.7 Å².